The fourth-order valence-corrected chi connectivity index (χ4v) is 4.08. The fourth-order valence-electron chi connectivity index (χ4n) is 2.95. The average molecular weight is 340 g/mol. The minimum atomic E-state index is -3.43. The van der Waals surface area contributed by atoms with Gasteiger partial charge in [0.25, 0.3) is 0 Å². The second-order valence-corrected chi connectivity index (χ2v) is 8.08. The van der Waals surface area contributed by atoms with Crippen LogP contribution in [0.15, 0.2) is 30.3 Å². The van der Waals surface area contributed by atoms with E-state index in [9.17, 15) is 13.2 Å². The molecule has 1 amide bonds. The van der Waals surface area contributed by atoms with Crippen LogP contribution in [0, 0.1) is 5.92 Å². The molecule has 1 heterocycles. The van der Waals surface area contributed by atoms with Gasteiger partial charge in [0.15, 0.2) is 9.84 Å². The third kappa shape index (κ3) is 4.76. The highest BCUT2D eigenvalue weighted by molar-refractivity contribution is 7.92. The van der Waals surface area contributed by atoms with Crippen molar-refractivity contribution < 1.29 is 17.9 Å². The predicted octanol–water partition coefficient (Wildman–Crippen LogP) is 0.249. The van der Waals surface area contributed by atoms with Gasteiger partial charge < -0.3 is 15.4 Å². The first kappa shape index (κ1) is 17.9. The summed E-state index contributed by atoms with van der Waals surface area (Å²) in [4.78, 5) is 14.0. The number of hydrogen-bond donors (Lipinski definition) is 1. The third-order valence-corrected chi connectivity index (χ3v) is 5.74. The maximum Gasteiger partial charge on any atom is 0.237 e. The van der Waals surface area contributed by atoms with Crippen LogP contribution in [0.1, 0.15) is 11.5 Å². The van der Waals surface area contributed by atoms with Gasteiger partial charge in [-0.15, -0.1) is 0 Å². The second-order valence-electron chi connectivity index (χ2n) is 5.90. The van der Waals surface area contributed by atoms with Crippen molar-refractivity contribution in [3.8, 4) is 0 Å². The number of rotatable bonds is 7. The lowest BCUT2D eigenvalue weighted by Crippen LogP contribution is -2.35. The molecule has 0 radical (unpaired) electrons. The molecule has 6 nitrogen and oxygen atoms in total. The van der Waals surface area contributed by atoms with Gasteiger partial charge >= 0.3 is 0 Å². The zero-order chi connectivity index (χ0) is 16.9. The summed E-state index contributed by atoms with van der Waals surface area (Å²) in [6, 6.07) is 9.92. The predicted molar refractivity (Wildman–Crippen MR) is 88.8 cm³/mol. The Morgan fingerprint density at radius 3 is 2.61 bits per heavy atom. The normalized spacial score (nSPS) is 21.6. The molecule has 2 rings (SSSR count). The molecule has 128 valence electrons. The number of methoxy groups -OCH3 is 1. The molecule has 2 atom stereocenters. The van der Waals surface area contributed by atoms with Crippen LogP contribution in [-0.4, -0.2) is 64.1 Å². The van der Waals surface area contributed by atoms with Gasteiger partial charge in [0.2, 0.25) is 5.91 Å². The first-order valence-corrected chi connectivity index (χ1v) is 9.51. The van der Waals surface area contributed by atoms with Crippen molar-refractivity contribution in [2.45, 2.75) is 5.92 Å². The Morgan fingerprint density at radius 2 is 2.00 bits per heavy atom. The molecule has 1 fully saturated rings. The number of benzene rings is 1. The molecule has 0 saturated carbocycles. The number of carbonyl (C=O) groups excluding carboxylic acids is 1. The van der Waals surface area contributed by atoms with Crippen LogP contribution in [0.4, 0.5) is 0 Å². The molecule has 1 saturated heterocycles. The molecule has 23 heavy (non-hydrogen) atoms. The Kier molecular flexibility index (Phi) is 6.15. The molecule has 0 unspecified atom stereocenters. The van der Waals surface area contributed by atoms with Gasteiger partial charge in [-0.05, 0) is 18.0 Å². The third-order valence-electron chi connectivity index (χ3n) is 4.27. The lowest BCUT2D eigenvalue weighted by atomic mass is 9.89. The van der Waals surface area contributed by atoms with E-state index in [2.05, 4.69) is 0 Å². The van der Waals surface area contributed by atoms with Gasteiger partial charge in [0.05, 0.1) is 12.4 Å². The zero-order valence-corrected chi connectivity index (χ0v) is 14.2. The van der Waals surface area contributed by atoms with Crippen LogP contribution in [0.25, 0.3) is 0 Å². The first-order valence-electron chi connectivity index (χ1n) is 7.69. The highest BCUT2D eigenvalue weighted by Crippen LogP contribution is 2.32. The van der Waals surface area contributed by atoms with Crippen LogP contribution in [-0.2, 0) is 19.4 Å². The lowest BCUT2D eigenvalue weighted by Gasteiger charge is -2.17. The second kappa shape index (κ2) is 7.90. The van der Waals surface area contributed by atoms with E-state index in [1.54, 1.807) is 4.90 Å². The molecule has 1 aliphatic rings. The van der Waals surface area contributed by atoms with E-state index < -0.39 is 15.6 Å². The maximum atomic E-state index is 12.3. The van der Waals surface area contributed by atoms with Crippen molar-refractivity contribution in [2.24, 2.45) is 11.7 Å². The van der Waals surface area contributed by atoms with E-state index in [1.165, 1.54) is 7.11 Å². The molecule has 0 aliphatic carbocycles. The number of carbonyl (C=O) groups is 1. The van der Waals surface area contributed by atoms with E-state index in [4.69, 9.17) is 10.5 Å². The quantitative estimate of drug-likeness (QED) is 0.768. The van der Waals surface area contributed by atoms with Crippen molar-refractivity contribution in [2.75, 3.05) is 44.9 Å². The Morgan fingerprint density at radius 1 is 1.30 bits per heavy atom. The Labute approximate surface area is 137 Å². The zero-order valence-electron chi connectivity index (χ0n) is 13.3. The SMILES string of the molecule is COCCS(=O)(=O)CC(=O)N1C[C@@H](CN)[C@H](c2ccccc2)C1. The average Bonchev–Trinajstić information content (AvgIpc) is 2.98. The Bertz CT molecular complexity index is 618. The van der Waals surface area contributed by atoms with Gasteiger partial charge in [-0.3, -0.25) is 4.79 Å². The standard InChI is InChI=1S/C16H24N2O4S/c1-22-7-8-23(20,21)12-16(19)18-10-14(9-17)15(11-18)13-5-3-2-4-6-13/h2-6,14-15H,7-12,17H2,1H3/t14-,15+/m1/s1. The summed E-state index contributed by atoms with van der Waals surface area (Å²) in [6.45, 7) is 1.60. The lowest BCUT2D eigenvalue weighted by molar-refractivity contribution is -0.127. The number of hydrogen-bond acceptors (Lipinski definition) is 5. The van der Waals surface area contributed by atoms with E-state index in [0.29, 0.717) is 19.6 Å². The summed E-state index contributed by atoms with van der Waals surface area (Å²) in [6.07, 6.45) is 0. The van der Waals surface area contributed by atoms with Crippen LogP contribution >= 0.6 is 0 Å². The molecular formula is C16H24N2O4S. The number of nitrogens with two attached hydrogens (primary N) is 1. The van der Waals surface area contributed by atoms with Gasteiger partial charge in [-0.1, -0.05) is 30.3 Å². The van der Waals surface area contributed by atoms with E-state index >= 15 is 0 Å². The highest BCUT2D eigenvalue weighted by atomic mass is 32.2. The van der Waals surface area contributed by atoms with Gasteiger partial charge in [-0.2, -0.15) is 0 Å². The van der Waals surface area contributed by atoms with Gasteiger partial charge in [-0.25, -0.2) is 8.42 Å². The molecule has 0 spiro atoms. The van der Waals surface area contributed by atoms with Gasteiger partial charge in [0.1, 0.15) is 5.75 Å². The largest absolute Gasteiger partial charge is 0.384 e. The van der Waals surface area contributed by atoms with Crippen molar-refractivity contribution in [1.82, 2.24) is 4.90 Å². The molecule has 1 aromatic carbocycles. The van der Waals surface area contributed by atoms with Crippen LogP contribution < -0.4 is 5.73 Å². The summed E-state index contributed by atoms with van der Waals surface area (Å²) in [5.41, 5.74) is 6.98. The summed E-state index contributed by atoms with van der Waals surface area (Å²) >= 11 is 0. The fraction of sp³-hybridized carbons (Fsp3) is 0.562. The number of sulfone groups is 1. The molecule has 2 N–H and O–H groups in total. The summed E-state index contributed by atoms with van der Waals surface area (Å²) in [5, 5.41) is 0. The van der Waals surface area contributed by atoms with Crippen LogP contribution in [0.5, 0.6) is 0 Å². The first-order chi connectivity index (χ1) is 11.0. The van der Waals surface area contributed by atoms with Crippen molar-refractivity contribution in [3.05, 3.63) is 35.9 Å². The van der Waals surface area contributed by atoms with Crippen molar-refractivity contribution >= 4 is 15.7 Å². The van der Waals surface area contributed by atoms with Crippen LogP contribution in [0.2, 0.25) is 0 Å². The van der Waals surface area contributed by atoms with Gasteiger partial charge in [0, 0.05) is 26.1 Å². The van der Waals surface area contributed by atoms with E-state index in [1.807, 2.05) is 30.3 Å². The number of likely N-dealkylation sites (tertiary alicyclic amines) is 1. The summed E-state index contributed by atoms with van der Waals surface area (Å²) in [7, 11) is -2.00. The molecule has 0 aromatic heterocycles. The molecule has 1 aliphatic heterocycles. The highest BCUT2D eigenvalue weighted by Gasteiger charge is 2.36. The molecular weight excluding hydrogens is 316 g/mol. The van der Waals surface area contributed by atoms with Crippen molar-refractivity contribution in [3.63, 3.8) is 0 Å². The summed E-state index contributed by atoms with van der Waals surface area (Å²) < 4.78 is 28.6. The minimum absolute atomic E-state index is 0.105. The maximum absolute atomic E-state index is 12.3. The monoisotopic (exact) mass is 340 g/mol. The molecule has 7 heteroatoms. The molecule has 0 bridgehead atoms. The minimum Gasteiger partial charge on any atom is -0.384 e. The Hall–Kier alpha value is -1.44. The smallest absolute Gasteiger partial charge is 0.237 e. The number of amides is 1. The van der Waals surface area contributed by atoms with E-state index in [0.717, 1.165) is 5.56 Å². The van der Waals surface area contributed by atoms with Crippen molar-refractivity contribution in [1.29, 1.82) is 0 Å². The summed E-state index contributed by atoms with van der Waals surface area (Å²) in [5.74, 6) is -0.631. The molecule has 1 aromatic rings. The topological polar surface area (TPSA) is 89.7 Å². The number of nitrogens with zero attached hydrogens (tertiary/aromatic N) is 1. The van der Waals surface area contributed by atoms with Crippen LogP contribution in [0.3, 0.4) is 0 Å². The van der Waals surface area contributed by atoms with E-state index in [-0.39, 0.29) is 30.1 Å². The Balaban J connectivity index is 2.03. The number of ether oxygens (including phenoxy) is 1.